The number of aliphatic carboxylic acids is 2. The van der Waals surface area contributed by atoms with Gasteiger partial charge >= 0.3 is 0 Å². The molecule has 6 heteroatoms. The molecule has 0 spiro atoms. The molecule has 0 aliphatic carbocycles. The van der Waals surface area contributed by atoms with E-state index in [2.05, 4.69) is 0 Å². The molecule has 6 nitrogen and oxygen atoms in total. The van der Waals surface area contributed by atoms with E-state index in [9.17, 15) is 0 Å². The molecule has 0 atom stereocenters. The van der Waals surface area contributed by atoms with Gasteiger partial charge in [-0.3, -0.25) is 9.59 Å². The molecule has 0 unspecified atom stereocenters. The molecule has 0 saturated carbocycles. The van der Waals surface area contributed by atoms with Crippen LogP contribution in [0.1, 0.15) is 20.8 Å². The highest BCUT2D eigenvalue weighted by Crippen LogP contribution is 1.47. The highest BCUT2D eigenvalue weighted by molar-refractivity contribution is 5.63. The average Bonchev–Trinajstić information content (AvgIpc) is 1.81. The Hall–Kier alpha value is -1.14. The monoisotopic (exact) mass is 224 g/mol. The fraction of sp³-hybridized carbons (Fsp3) is 0.778. The summed E-state index contributed by atoms with van der Waals surface area (Å²) in [7, 11) is 6.00. The van der Waals surface area contributed by atoms with E-state index in [1.54, 1.807) is 0 Å². The third-order valence-corrected chi connectivity index (χ3v) is 0. The van der Waals surface area contributed by atoms with Crippen molar-refractivity contribution in [2.75, 3.05) is 27.7 Å². The molecule has 0 aromatic heterocycles. The molecule has 0 radical (unpaired) electrons. The molecule has 4 N–H and O–H groups in total. The molecular formula is C9H24N2O4. The molecule has 0 aliphatic heterocycles. The van der Waals surface area contributed by atoms with Crippen LogP contribution in [0.25, 0.3) is 0 Å². The topological polar surface area (TPSA) is 104 Å². The standard InChI is InChI=1S/C3H9N.C2H7N.2C2H4O2/c1-4(2)3;1-2-3;2*1-2(3)4/h1-3H3;2-3H2,1H3;2*1H3,(H,3,4). The molecule has 0 aliphatic rings. The Balaban J connectivity index is -0.0000000542. The molecule has 0 rings (SSSR count). The van der Waals surface area contributed by atoms with E-state index in [0.29, 0.717) is 0 Å². The smallest absolute Gasteiger partial charge is 0.300 e. The lowest BCUT2D eigenvalue weighted by Crippen LogP contribution is -1.99. The summed E-state index contributed by atoms with van der Waals surface area (Å²) < 4.78 is 0. The lowest BCUT2D eigenvalue weighted by molar-refractivity contribution is -0.135. The van der Waals surface area contributed by atoms with Crippen LogP contribution in [0, 0.1) is 0 Å². The van der Waals surface area contributed by atoms with Crippen LogP contribution in [-0.2, 0) is 9.59 Å². The van der Waals surface area contributed by atoms with E-state index in [1.807, 2.05) is 33.0 Å². The zero-order chi connectivity index (χ0) is 13.4. The van der Waals surface area contributed by atoms with E-state index >= 15 is 0 Å². The summed E-state index contributed by atoms with van der Waals surface area (Å²) in [6.45, 7) is 4.82. The van der Waals surface area contributed by atoms with Gasteiger partial charge in [0.05, 0.1) is 0 Å². The minimum Gasteiger partial charge on any atom is -0.481 e. The van der Waals surface area contributed by atoms with E-state index in [0.717, 1.165) is 20.4 Å². The summed E-state index contributed by atoms with van der Waals surface area (Å²) in [6, 6.07) is 0. The molecule has 0 bridgehead atoms. The van der Waals surface area contributed by atoms with Gasteiger partial charge in [-0.05, 0) is 27.7 Å². The molecule has 0 heterocycles. The number of nitrogens with two attached hydrogens (primary N) is 1. The van der Waals surface area contributed by atoms with Crippen molar-refractivity contribution < 1.29 is 19.8 Å². The van der Waals surface area contributed by atoms with E-state index < -0.39 is 11.9 Å². The zero-order valence-electron chi connectivity index (χ0n) is 10.4. The van der Waals surface area contributed by atoms with Crippen LogP contribution >= 0.6 is 0 Å². The maximum absolute atomic E-state index is 9.00. The summed E-state index contributed by atoms with van der Waals surface area (Å²) in [5.74, 6) is -1.67. The molecular weight excluding hydrogens is 200 g/mol. The van der Waals surface area contributed by atoms with Crippen molar-refractivity contribution in [1.82, 2.24) is 4.90 Å². The average molecular weight is 224 g/mol. The SMILES string of the molecule is CC(=O)O.CC(=O)O.CCN.CN(C)C. The van der Waals surface area contributed by atoms with Crippen molar-refractivity contribution in [2.45, 2.75) is 20.8 Å². The van der Waals surface area contributed by atoms with Crippen LogP contribution in [0.4, 0.5) is 0 Å². The second kappa shape index (κ2) is 23.0. The van der Waals surface area contributed by atoms with Crippen LogP contribution in [-0.4, -0.2) is 54.7 Å². The predicted octanol–water partition coefficient (Wildman–Crippen LogP) is 0.325. The van der Waals surface area contributed by atoms with Gasteiger partial charge in [-0.2, -0.15) is 0 Å². The Morgan fingerprint density at radius 3 is 1.07 bits per heavy atom. The maximum atomic E-state index is 9.00. The van der Waals surface area contributed by atoms with Crippen molar-refractivity contribution in [3.8, 4) is 0 Å². The third-order valence-electron chi connectivity index (χ3n) is 0. The van der Waals surface area contributed by atoms with Gasteiger partial charge in [-0.15, -0.1) is 0 Å². The Bertz CT molecular complexity index is 115. The number of carbonyl (C=O) groups is 2. The lowest BCUT2D eigenvalue weighted by atomic mass is 10.8. The molecule has 0 fully saturated rings. The van der Waals surface area contributed by atoms with Gasteiger partial charge in [-0.25, -0.2) is 0 Å². The predicted molar refractivity (Wildman–Crippen MR) is 61.0 cm³/mol. The summed E-state index contributed by atoms with van der Waals surface area (Å²) in [4.78, 5) is 20.0. The first kappa shape index (κ1) is 23.6. The van der Waals surface area contributed by atoms with Crippen molar-refractivity contribution in [3.63, 3.8) is 0 Å². The normalized spacial score (nSPS) is 6.93. The van der Waals surface area contributed by atoms with Gasteiger partial charge in [0.2, 0.25) is 0 Å². The van der Waals surface area contributed by atoms with Gasteiger partial charge in [0.1, 0.15) is 0 Å². The minimum absolute atomic E-state index is 0.750. The quantitative estimate of drug-likeness (QED) is 0.547. The molecule has 0 saturated heterocycles. The first-order chi connectivity index (χ1) is 6.61. The summed E-state index contributed by atoms with van der Waals surface area (Å²) in [5, 5.41) is 14.8. The fourth-order valence-corrected chi connectivity index (χ4v) is 0. The molecule has 94 valence electrons. The minimum atomic E-state index is -0.833. The number of hydrogen-bond acceptors (Lipinski definition) is 4. The van der Waals surface area contributed by atoms with Crippen LogP contribution in [0.2, 0.25) is 0 Å². The Morgan fingerprint density at radius 2 is 1.07 bits per heavy atom. The number of carboxylic acids is 2. The van der Waals surface area contributed by atoms with E-state index in [4.69, 9.17) is 25.5 Å². The Labute approximate surface area is 91.7 Å². The van der Waals surface area contributed by atoms with Crippen molar-refractivity contribution in [1.29, 1.82) is 0 Å². The number of rotatable bonds is 0. The molecule has 0 amide bonds. The summed E-state index contributed by atoms with van der Waals surface area (Å²) >= 11 is 0. The van der Waals surface area contributed by atoms with Crippen LogP contribution in [0.3, 0.4) is 0 Å². The van der Waals surface area contributed by atoms with Crippen LogP contribution in [0.5, 0.6) is 0 Å². The second-order valence-electron chi connectivity index (χ2n) is 2.79. The van der Waals surface area contributed by atoms with Crippen molar-refractivity contribution >= 4 is 11.9 Å². The third kappa shape index (κ3) is 1170. The van der Waals surface area contributed by atoms with Gasteiger partial charge in [-0.1, -0.05) is 6.92 Å². The van der Waals surface area contributed by atoms with Gasteiger partial charge in [0.25, 0.3) is 11.9 Å². The maximum Gasteiger partial charge on any atom is 0.300 e. The number of hydrogen-bond donors (Lipinski definition) is 3. The van der Waals surface area contributed by atoms with E-state index in [-0.39, 0.29) is 0 Å². The Kier molecular flexibility index (Phi) is 36.2. The fourth-order valence-electron chi connectivity index (χ4n) is 0. The second-order valence-corrected chi connectivity index (χ2v) is 2.79. The summed E-state index contributed by atoms with van der Waals surface area (Å²) in [6.07, 6.45) is 0. The Morgan fingerprint density at radius 1 is 1.07 bits per heavy atom. The van der Waals surface area contributed by atoms with Gasteiger partial charge < -0.3 is 20.8 Å². The largest absolute Gasteiger partial charge is 0.481 e. The zero-order valence-corrected chi connectivity index (χ0v) is 10.4. The van der Waals surface area contributed by atoms with Crippen molar-refractivity contribution in [3.05, 3.63) is 0 Å². The van der Waals surface area contributed by atoms with Gasteiger partial charge in [0.15, 0.2) is 0 Å². The number of nitrogens with zero attached hydrogens (tertiary/aromatic N) is 1. The summed E-state index contributed by atoms with van der Waals surface area (Å²) in [5.41, 5.74) is 4.85. The van der Waals surface area contributed by atoms with Crippen LogP contribution < -0.4 is 5.73 Å². The van der Waals surface area contributed by atoms with Gasteiger partial charge in [0, 0.05) is 13.8 Å². The lowest BCUT2D eigenvalue weighted by Gasteiger charge is -1.90. The first-order valence-corrected chi connectivity index (χ1v) is 4.31. The molecule has 0 aromatic carbocycles. The highest BCUT2D eigenvalue weighted by Gasteiger charge is 1.65. The van der Waals surface area contributed by atoms with E-state index in [1.165, 1.54) is 0 Å². The highest BCUT2D eigenvalue weighted by atomic mass is 16.4. The first-order valence-electron chi connectivity index (χ1n) is 4.31. The molecule has 0 aromatic rings. The van der Waals surface area contributed by atoms with Crippen molar-refractivity contribution in [2.24, 2.45) is 5.73 Å². The van der Waals surface area contributed by atoms with Crippen LogP contribution in [0.15, 0.2) is 0 Å². The molecule has 15 heavy (non-hydrogen) atoms. The number of carboxylic acid groups (broad SMARTS) is 2.